The molecule has 0 saturated carbocycles. The Hall–Kier alpha value is -2.68. The Labute approximate surface area is 96.7 Å². The van der Waals surface area contributed by atoms with E-state index >= 15 is 0 Å². The van der Waals surface area contributed by atoms with Crippen molar-refractivity contribution in [2.45, 2.75) is 0 Å². The molecule has 0 radical (unpaired) electrons. The zero-order valence-corrected chi connectivity index (χ0v) is 8.68. The number of halogens is 1. The third-order valence-corrected chi connectivity index (χ3v) is 2.08. The van der Waals surface area contributed by atoms with Crippen LogP contribution < -0.4 is 11.1 Å². The summed E-state index contributed by atoms with van der Waals surface area (Å²) < 4.78 is 13.1. The summed E-state index contributed by atoms with van der Waals surface area (Å²) in [5.41, 5.74) is 6.07. The molecule has 6 heteroatoms. The van der Waals surface area contributed by atoms with Crippen LogP contribution in [0.25, 0.3) is 0 Å². The van der Waals surface area contributed by atoms with Gasteiger partial charge in [0.2, 0.25) is 0 Å². The standard InChI is InChI=1S/C11H8FN5/c12-9-2-1-8(5-7(9)6-13)17-11-10(14)15-3-4-16-11/h1-5H,(H2,14,15)(H,16,17). The highest BCUT2D eigenvalue weighted by atomic mass is 19.1. The van der Waals surface area contributed by atoms with Crippen LogP contribution in [0.3, 0.4) is 0 Å². The molecule has 1 heterocycles. The molecule has 2 aromatic rings. The van der Waals surface area contributed by atoms with Gasteiger partial charge in [-0.15, -0.1) is 0 Å². The molecule has 0 saturated heterocycles. The van der Waals surface area contributed by atoms with Crippen molar-refractivity contribution in [2.75, 3.05) is 11.1 Å². The molecule has 0 fully saturated rings. The van der Waals surface area contributed by atoms with Gasteiger partial charge in [-0.25, -0.2) is 14.4 Å². The van der Waals surface area contributed by atoms with Crippen molar-refractivity contribution in [3.8, 4) is 6.07 Å². The minimum Gasteiger partial charge on any atom is -0.381 e. The number of nitriles is 1. The van der Waals surface area contributed by atoms with Crippen molar-refractivity contribution < 1.29 is 4.39 Å². The van der Waals surface area contributed by atoms with Crippen LogP contribution in [0.2, 0.25) is 0 Å². The minimum atomic E-state index is -0.565. The molecule has 0 aliphatic rings. The van der Waals surface area contributed by atoms with Crippen LogP contribution in [0.4, 0.5) is 21.7 Å². The molecule has 0 spiro atoms. The normalized spacial score (nSPS) is 9.65. The van der Waals surface area contributed by atoms with Gasteiger partial charge in [0.1, 0.15) is 11.9 Å². The lowest BCUT2D eigenvalue weighted by molar-refractivity contribution is 0.624. The summed E-state index contributed by atoms with van der Waals surface area (Å²) in [5.74, 6) is 0.0310. The Bertz CT molecular complexity index is 591. The first-order chi connectivity index (χ1) is 8.20. The van der Waals surface area contributed by atoms with Gasteiger partial charge in [-0.1, -0.05) is 0 Å². The number of nitrogens with one attached hydrogen (secondary N) is 1. The van der Waals surface area contributed by atoms with Crippen LogP contribution in [0.1, 0.15) is 5.56 Å². The van der Waals surface area contributed by atoms with Gasteiger partial charge in [0.15, 0.2) is 11.6 Å². The first kappa shape index (κ1) is 10.8. The van der Waals surface area contributed by atoms with Gasteiger partial charge >= 0.3 is 0 Å². The summed E-state index contributed by atoms with van der Waals surface area (Å²) in [6.07, 6.45) is 2.94. The van der Waals surface area contributed by atoms with E-state index in [4.69, 9.17) is 11.0 Å². The molecule has 0 unspecified atom stereocenters. The molecule has 3 N–H and O–H groups in total. The lowest BCUT2D eigenvalue weighted by Crippen LogP contribution is -2.01. The van der Waals surface area contributed by atoms with E-state index in [9.17, 15) is 4.39 Å². The Kier molecular flexibility index (Phi) is 2.83. The number of nitrogens with two attached hydrogens (primary N) is 1. The predicted molar refractivity (Wildman–Crippen MR) is 60.8 cm³/mol. The molecule has 5 nitrogen and oxygen atoms in total. The fourth-order valence-electron chi connectivity index (χ4n) is 1.27. The smallest absolute Gasteiger partial charge is 0.173 e. The van der Waals surface area contributed by atoms with E-state index in [2.05, 4.69) is 15.3 Å². The highest BCUT2D eigenvalue weighted by Gasteiger charge is 2.05. The van der Waals surface area contributed by atoms with Gasteiger partial charge in [-0.05, 0) is 18.2 Å². The number of rotatable bonds is 2. The Morgan fingerprint density at radius 1 is 1.29 bits per heavy atom. The highest BCUT2D eigenvalue weighted by molar-refractivity contribution is 5.66. The summed E-state index contributed by atoms with van der Waals surface area (Å²) in [4.78, 5) is 7.83. The average Bonchev–Trinajstić information content (AvgIpc) is 2.34. The second-order valence-corrected chi connectivity index (χ2v) is 3.22. The van der Waals surface area contributed by atoms with E-state index < -0.39 is 5.82 Å². The fourth-order valence-corrected chi connectivity index (χ4v) is 1.27. The van der Waals surface area contributed by atoms with Crippen molar-refractivity contribution in [3.05, 3.63) is 42.0 Å². The molecule has 84 valence electrons. The quantitative estimate of drug-likeness (QED) is 0.819. The van der Waals surface area contributed by atoms with Crippen LogP contribution in [-0.4, -0.2) is 9.97 Å². The summed E-state index contributed by atoms with van der Waals surface area (Å²) in [7, 11) is 0. The molecular weight excluding hydrogens is 221 g/mol. The van der Waals surface area contributed by atoms with Gasteiger partial charge in [0.25, 0.3) is 0 Å². The summed E-state index contributed by atoms with van der Waals surface area (Å²) >= 11 is 0. The SMILES string of the molecule is N#Cc1cc(Nc2nccnc2N)ccc1F. The summed E-state index contributed by atoms with van der Waals surface area (Å²) in [6, 6.07) is 5.82. The fraction of sp³-hybridized carbons (Fsp3) is 0. The molecule has 0 bridgehead atoms. The number of benzene rings is 1. The number of nitrogens with zero attached hydrogens (tertiary/aromatic N) is 3. The Balaban J connectivity index is 2.32. The van der Waals surface area contributed by atoms with Gasteiger partial charge in [-0.3, -0.25) is 0 Å². The van der Waals surface area contributed by atoms with Gasteiger partial charge < -0.3 is 11.1 Å². The molecule has 2 rings (SSSR count). The van der Waals surface area contributed by atoms with Crippen molar-refractivity contribution in [1.29, 1.82) is 5.26 Å². The summed E-state index contributed by atoms with van der Waals surface area (Å²) in [6.45, 7) is 0. The number of anilines is 3. The van der Waals surface area contributed by atoms with Crippen LogP contribution in [0, 0.1) is 17.1 Å². The van der Waals surface area contributed by atoms with Gasteiger partial charge in [0.05, 0.1) is 5.56 Å². The second-order valence-electron chi connectivity index (χ2n) is 3.22. The maximum Gasteiger partial charge on any atom is 0.173 e. The number of hydrogen-bond acceptors (Lipinski definition) is 5. The van der Waals surface area contributed by atoms with Crippen LogP contribution in [0.5, 0.6) is 0 Å². The lowest BCUT2D eigenvalue weighted by Gasteiger charge is -2.07. The Morgan fingerprint density at radius 3 is 2.76 bits per heavy atom. The zero-order valence-electron chi connectivity index (χ0n) is 8.68. The van der Waals surface area contributed by atoms with Crippen molar-refractivity contribution in [2.24, 2.45) is 0 Å². The average molecular weight is 229 g/mol. The van der Waals surface area contributed by atoms with E-state index in [1.807, 2.05) is 0 Å². The molecule has 17 heavy (non-hydrogen) atoms. The maximum absolute atomic E-state index is 13.1. The monoisotopic (exact) mass is 229 g/mol. The van der Waals surface area contributed by atoms with E-state index in [0.717, 1.165) is 0 Å². The van der Waals surface area contributed by atoms with Gasteiger partial charge in [0, 0.05) is 18.1 Å². The topological polar surface area (TPSA) is 87.6 Å². The van der Waals surface area contributed by atoms with E-state index in [1.54, 1.807) is 6.07 Å². The molecule has 0 aliphatic heterocycles. The summed E-state index contributed by atoms with van der Waals surface area (Å²) in [5, 5.41) is 11.6. The Morgan fingerprint density at radius 2 is 2.06 bits per heavy atom. The largest absolute Gasteiger partial charge is 0.381 e. The van der Waals surface area contributed by atoms with E-state index in [0.29, 0.717) is 11.5 Å². The van der Waals surface area contributed by atoms with Crippen molar-refractivity contribution >= 4 is 17.3 Å². The minimum absolute atomic E-state index is 0.0440. The number of hydrogen-bond donors (Lipinski definition) is 2. The first-order valence-corrected chi connectivity index (χ1v) is 4.74. The van der Waals surface area contributed by atoms with Crippen LogP contribution in [-0.2, 0) is 0 Å². The maximum atomic E-state index is 13.1. The van der Waals surface area contributed by atoms with Gasteiger partial charge in [-0.2, -0.15) is 5.26 Å². The number of aromatic nitrogens is 2. The highest BCUT2D eigenvalue weighted by Crippen LogP contribution is 2.20. The van der Waals surface area contributed by atoms with Crippen LogP contribution in [0.15, 0.2) is 30.6 Å². The number of nitrogen functional groups attached to an aromatic ring is 1. The molecule has 0 amide bonds. The molecule has 0 aliphatic carbocycles. The third kappa shape index (κ3) is 2.29. The van der Waals surface area contributed by atoms with Crippen molar-refractivity contribution in [1.82, 2.24) is 9.97 Å². The molecular formula is C11H8FN5. The van der Waals surface area contributed by atoms with Crippen molar-refractivity contribution in [3.63, 3.8) is 0 Å². The van der Waals surface area contributed by atoms with Crippen LogP contribution >= 0.6 is 0 Å². The molecule has 1 aromatic heterocycles. The van der Waals surface area contributed by atoms with E-state index in [1.165, 1.54) is 30.6 Å². The zero-order chi connectivity index (χ0) is 12.3. The first-order valence-electron chi connectivity index (χ1n) is 4.74. The predicted octanol–water partition coefficient (Wildman–Crippen LogP) is 1.81. The molecule has 1 aromatic carbocycles. The van der Waals surface area contributed by atoms with E-state index in [-0.39, 0.29) is 11.4 Å². The lowest BCUT2D eigenvalue weighted by atomic mass is 10.2. The molecule has 0 atom stereocenters. The third-order valence-electron chi connectivity index (χ3n) is 2.08. The second kappa shape index (κ2) is 4.45.